The molecule has 0 aromatic heterocycles. The third-order valence-corrected chi connectivity index (χ3v) is 3.70. The molecule has 23 heavy (non-hydrogen) atoms. The molecule has 1 amide bonds. The van der Waals surface area contributed by atoms with Crippen LogP contribution in [-0.2, 0) is 0 Å². The van der Waals surface area contributed by atoms with Crippen LogP contribution in [-0.4, -0.2) is 19.6 Å². The Kier molecular flexibility index (Phi) is 5.50. The Bertz CT molecular complexity index is 728. The van der Waals surface area contributed by atoms with Gasteiger partial charge in [0.05, 0.1) is 18.7 Å². The quantitative estimate of drug-likeness (QED) is 0.868. The lowest BCUT2D eigenvalue weighted by molar-refractivity contribution is 0.102. The number of methoxy groups -OCH3 is 1. The smallest absolute Gasteiger partial charge is 0.255 e. The van der Waals surface area contributed by atoms with Crippen molar-refractivity contribution in [3.63, 3.8) is 0 Å². The number of amides is 1. The molecule has 0 unspecified atom stereocenters. The molecule has 2 rings (SSSR count). The second-order valence-corrected chi connectivity index (χ2v) is 5.60. The number of aryl methyl sites for hydroxylation is 2. The summed E-state index contributed by atoms with van der Waals surface area (Å²) in [4.78, 5) is 12.5. The van der Waals surface area contributed by atoms with Gasteiger partial charge in [-0.1, -0.05) is 23.7 Å². The van der Waals surface area contributed by atoms with Crippen LogP contribution in [0, 0.1) is 13.8 Å². The highest BCUT2D eigenvalue weighted by atomic mass is 35.5. The van der Waals surface area contributed by atoms with E-state index in [1.54, 1.807) is 12.1 Å². The molecule has 0 saturated carbocycles. The molecule has 0 radical (unpaired) electrons. The van der Waals surface area contributed by atoms with Gasteiger partial charge in [0.1, 0.15) is 0 Å². The second kappa shape index (κ2) is 7.38. The highest BCUT2D eigenvalue weighted by molar-refractivity contribution is 6.32. The minimum atomic E-state index is -0.246. The average molecular weight is 334 g/mol. The lowest BCUT2D eigenvalue weighted by atomic mass is 10.1. The molecule has 1 N–H and O–H groups in total. The van der Waals surface area contributed by atoms with Gasteiger partial charge in [0, 0.05) is 11.3 Å². The Labute approximate surface area is 141 Å². The molecule has 0 atom stereocenters. The zero-order chi connectivity index (χ0) is 17.0. The molecular weight excluding hydrogens is 314 g/mol. The van der Waals surface area contributed by atoms with Gasteiger partial charge in [-0.2, -0.15) is 0 Å². The van der Waals surface area contributed by atoms with E-state index in [4.69, 9.17) is 21.1 Å². The number of hydrogen-bond acceptors (Lipinski definition) is 3. The number of carbonyl (C=O) groups is 1. The van der Waals surface area contributed by atoms with Crippen molar-refractivity contribution in [3.8, 4) is 11.5 Å². The molecule has 4 nitrogen and oxygen atoms in total. The van der Waals surface area contributed by atoms with E-state index in [1.165, 1.54) is 7.11 Å². The summed E-state index contributed by atoms with van der Waals surface area (Å²) >= 11 is 6.19. The zero-order valence-corrected chi connectivity index (χ0v) is 14.5. The van der Waals surface area contributed by atoms with Crippen molar-refractivity contribution in [1.29, 1.82) is 0 Å². The fourth-order valence-corrected chi connectivity index (χ4v) is 2.51. The molecule has 0 aliphatic rings. The first-order valence-corrected chi connectivity index (χ1v) is 7.73. The summed E-state index contributed by atoms with van der Waals surface area (Å²) in [5.41, 5.74) is 3.27. The number of halogens is 1. The summed E-state index contributed by atoms with van der Waals surface area (Å²) in [6.07, 6.45) is 0. The molecule has 2 aromatic carbocycles. The number of benzene rings is 2. The fourth-order valence-electron chi connectivity index (χ4n) is 2.23. The SMILES string of the molecule is CCOc1cc(C(=O)Nc2cc(C)ccc2C)cc(Cl)c1OC. The van der Waals surface area contributed by atoms with Crippen molar-refractivity contribution >= 4 is 23.2 Å². The third-order valence-electron chi connectivity index (χ3n) is 3.42. The van der Waals surface area contributed by atoms with E-state index in [-0.39, 0.29) is 5.91 Å². The second-order valence-electron chi connectivity index (χ2n) is 5.19. The zero-order valence-electron chi connectivity index (χ0n) is 13.7. The molecule has 0 heterocycles. The van der Waals surface area contributed by atoms with Crippen LogP contribution in [0.15, 0.2) is 30.3 Å². The first-order chi connectivity index (χ1) is 11.0. The van der Waals surface area contributed by atoms with E-state index >= 15 is 0 Å². The standard InChI is InChI=1S/C18H20ClNO3/c1-5-23-16-10-13(9-14(19)17(16)22-4)18(21)20-15-8-11(2)6-7-12(15)3/h6-10H,5H2,1-4H3,(H,20,21). The van der Waals surface area contributed by atoms with Crippen molar-refractivity contribution in [3.05, 3.63) is 52.0 Å². The summed E-state index contributed by atoms with van der Waals surface area (Å²) in [5, 5.41) is 3.24. The van der Waals surface area contributed by atoms with Crippen LogP contribution in [0.3, 0.4) is 0 Å². The number of ether oxygens (including phenoxy) is 2. The monoisotopic (exact) mass is 333 g/mol. The Balaban J connectivity index is 2.34. The summed E-state index contributed by atoms with van der Waals surface area (Å²) in [6, 6.07) is 9.11. The molecular formula is C18H20ClNO3. The van der Waals surface area contributed by atoms with Crippen molar-refractivity contribution in [2.75, 3.05) is 19.0 Å². The fraction of sp³-hybridized carbons (Fsp3) is 0.278. The van der Waals surface area contributed by atoms with Crippen LogP contribution in [0.25, 0.3) is 0 Å². The van der Waals surface area contributed by atoms with E-state index < -0.39 is 0 Å². The normalized spacial score (nSPS) is 10.3. The Morgan fingerprint density at radius 3 is 2.61 bits per heavy atom. The van der Waals surface area contributed by atoms with Crippen LogP contribution in [0.1, 0.15) is 28.4 Å². The number of hydrogen-bond donors (Lipinski definition) is 1. The predicted octanol–water partition coefficient (Wildman–Crippen LogP) is 4.62. The van der Waals surface area contributed by atoms with Gasteiger partial charge in [0.2, 0.25) is 0 Å². The molecule has 5 heteroatoms. The van der Waals surface area contributed by atoms with E-state index in [0.717, 1.165) is 16.8 Å². The largest absolute Gasteiger partial charge is 0.491 e. The van der Waals surface area contributed by atoms with Gasteiger partial charge in [-0.05, 0) is 50.1 Å². The van der Waals surface area contributed by atoms with E-state index in [0.29, 0.717) is 28.7 Å². The molecule has 0 saturated heterocycles. The molecule has 2 aromatic rings. The van der Waals surface area contributed by atoms with Crippen molar-refractivity contribution < 1.29 is 14.3 Å². The lowest BCUT2D eigenvalue weighted by Gasteiger charge is -2.14. The molecule has 0 aliphatic carbocycles. The highest BCUT2D eigenvalue weighted by Gasteiger charge is 2.16. The number of nitrogens with one attached hydrogen (secondary N) is 1. The van der Waals surface area contributed by atoms with Gasteiger partial charge in [0.15, 0.2) is 11.5 Å². The van der Waals surface area contributed by atoms with Crippen LogP contribution >= 0.6 is 11.6 Å². The van der Waals surface area contributed by atoms with Crippen molar-refractivity contribution in [1.82, 2.24) is 0 Å². The van der Waals surface area contributed by atoms with E-state index in [2.05, 4.69) is 5.32 Å². The number of anilines is 1. The van der Waals surface area contributed by atoms with Crippen LogP contribution in [0.5, 0.6) is 11.5 Å². The first-order valence-electron chi connectivity index (χ1n) is 7.35. The molecule has 0 fully saturated rings. The van der Waals surface area contributed by atoms with Crippen LogP contribution in [0.4, 0.5) is 5.69 Å². The third kappa shape index (κ3) is 3.96. The molecule has 122 valence electrons. The van der Waals surface area contributed by atoms with Gasteiger partial charge < -0.3 is 14.8 Å². The van der Waals surface area contributed by atoms with Crippen LogP contribution in [0.2, 0.25) is 5.02 Å². The summed E-state index contributed by atoms with van der Waals surface area (Å²) in [7, 11) is 1.51. The maximum absolute atomic E-state index is 12.5. The molecule has 0 spiro atoms. The van der Waals surface area contributed by atoms with Gasteiger partial charge in [-0.15, -0.1) is 0 Å². The van der Waals surface area contributed by atoms with Crippen molar-refractivity contribution in [2.45, 2.75) is 20.8 Å². The summed E-state index contributed by atoms with van der Waals surface area (Å²) in [5.74, 6) is 0.634. The van der Waals surface area contributed by atoms with Crippen LogP contribution < -0.4 is 14.8 Å². The minimum absolute atomic E-state index is 0.246. The van der Waals surface area contributed by atoms with Gasteiger partial charge in [-0.25, -0.2) is 0 Å². The maximum atomic E-state index is 12.5. The van der Waals surface area contributed by atoms with Gasteiger partial charge >= 0.3 is 0 Å². The number of carbonyl (C=O) groups excluding carboxylic acids is 1. The lowest BCUT2D eigenvalue weighted by Crippen LogP contribution is -2.13. The maximum Gasteiger partial charge on any atom is 0.255 e. The Morgan fingerprint density at radius 2 is 1.96 bits per heavy atom. The summed E-state index contributed by atoms with van der Waals surface area (Å²) < 4.78 is 10.7. The highest BCUT2D eigenvalue weighted by Crippen LogP contribution is 2.36. The van der Waals surface area contributed by atoms with Crippen molar-refractivity contribution in [2.24, 2.45) is 0 Å². The topological polar surface area (TPSA) is 47.6 Å². The average Bonchev–Trinajstić information content (AvgIpc) is 2.51. The predicted molar refractivity (Wildman–Crippen MR) is 93.0 cm³/mol. The Morgan fingerprint density at radius 1 is 1.22 bits per heavy atom. The van der Waals surface area contributed by atoms with E-state index in [9.17, 15) is 4.79 Å². The molecule has 0 bridgehead atoms. The Hall–Kier alpha value is -2.20. The first kappa shape index (κ1) is 17.2. The van der Waals surface area contributed by atoms with Gasteiger partial charge in [0.25, 0.3) is 5.91 Å². The number of rotatable bonds is 5. The summed E-state index contributed by atoms with van der Waals surface area (Å²) in [6.45, 7) is 6.24. The van der Waals surface area contributed by atoms with E-state index in [1.807, 2.05) is 39.0 Å². The van der Waals surface area contributed by atoms with Gasteiger partial charge in [-0.3, -0.25) is 4.79 Å². The minimum Gasteiger partial charge on any atom is -0.491 e. The molecule has 0 aliphatic heterocycles.